The third kappa shape index (κ3) is 1.83. The molecule has 0 aromatic heterocycles. The molecule has 0 amide bonds. The maximum Gasteiger partial charge on any atom is 0.0236 e. The average Bonchev–Trinajstić information content (AvgIpc) is 1.90. The predicted octanol–water partition coefficient (Wildman–Crippen LogP) is 1.46. The first-order valence-corrected chi connectivity index (χ1v) is 3.60. The first-order valence-electron chi connectivity index (χ1n) is 3.60. The summed E-state index contributed by atoms with van der Waals surface area (Å²) in [4.78, 5) is 2.42. The van der Waals surface area contributed by atoms with Crippen molar-refractivity contribution in [2.24, 2.45) is 0 Å². The second kappa shape index (κ2) is 3.02. The van der Waals surface area contributed by atoms with Crippen molar-refractivity contribution in [3.05, 3.63) is 12.2 Å². The van der Waals surface area contributed by atoms with Gasteiger partial charge in [-0.3, -0.25) is 4.90 Å². The van der Waals surface area contributed by atoms with Crippen LogP contribution in [0.25, 0.3) is 0 Å². The minimum atomic E-state index is 0.686. The lowest BCUT2D eigenvalue weighted by atomic mass is 10.2. The van der Waals surface area contributed by atoms with E-state index in [1.165, 1.54) is 13.0 Å². The number of rotatable bonds is 1. The van der Waals surface area contributed by atoms with E-state index in [0.29, 0.717) is 6.04 Å². The SMILES string of the molecule is CC(C)N1C[C]=CCC1. The maximum atomic E-state index is 3.22. The Morgan fingerprint density at radius 3 is 2.67 bits per heavy atom. The molecule has 0 spiro atoms. The molecule has 0 fully saturated rings. The van der Waals surface area contributed by atoms with Crippen molar-refractivity contribution in [1.82, 2.24) is 4.90 Å². The fraction of sp³-hybridized carbons (Fsp3) is 0.750. The molecule has 0 aromatic carbocycles. The van der Waals surface area contributed by atoms with Crippen molar-refractivity contribution < 1.29 is 0 Å². The van der Waals surface area contributed by atoms with Gasteiger partial charge >= 0.3 is 0 Å². The number of hydrogen-bond donors (Lipinski definition) is 0. The number of nitrogens with zero attached hydrogens (tertiary/aromatic N) is 1. The Hall–Kier alpha value is -0.300. The molecule has 1 heteroatoms. The van der Waals surface area contributed by atoms with Crippen molar-refractivity contribution in [3.8, 4) is 0 Å². The third-order valence-corrected chi connectivity index (χ3v) is 1.73. The Morgan fingerprint density at radius 2 is 2.33 bits per heavy atom. The van der Waals surface area contributed by atoms with Crippen LogP contribution in [0.3, 0.4) is 0 Å². The van der Waals surface area contributed by atoms with Crippen LogP contribution in [0.1, 0.15) is 20.3 Å². The van der Waals surface area contributed by atoms with E-state index in [1.807, 2.05) is 0 Å². The van der Waals surface area contributed by atoms with Crippen molar-refractivity contribution in [1.29, 1.82) is 0 Å². The Kier molecular flexibility index (Phi) is 2.29. The van der Waals surface area contributed by atoms with Gasteiger partial charge in [0.1, 0.15) is 0 Å². The second-order valence-corrected chi connectivity index (χ2v) is 2.76. The largest absolute Gasteiger partial charge is 0.296 e. The molecular weight excluding hydrogens is 110 g/mol. The van der Waals surface area contributed by atoms with Gasteiger partial charge in [-0.15, -0.1) is 0 Å². The van der Waals surface area contributed by atoms with Crippen molar-refractivity contribution in [2.45, 2.75) is 26.3 Å². The summed E-state index contributed by atoms with van der Waals surface area (Å²) in [5, 5.41) is 0. The van der Waals surface area contributed by atoms with Crippen LogP contribution in [0.4, 0.5) is 0 Å². The highest BCUT2D eigenvalue weighted by Crippen LogP contribution is 2.03. The molecule has 0 atom stereocenters. The number of hydrogen-bond acceptors (Lipinski definition) is 1. The van der Waals surface area contributed by atoms with Crippen LogP contribution in [0, 0.1) is 6.08 Å². The molecular formula is C8H14N. The minimum Gasteiger partial charge on any atom is -0.296 e. The van der Waals surface area contributed by atoms with Crippen LogP contribution in [-0.4, -0.2) is 24.0 Å². The monoisotopic (exact) mass is 124 g/mol. The van der Waals surface area contributed by atoms with Gasteiger partial charge in [0, 0.05) is 19.1 Å². The van der Waals surface area contributed by atoms with Gasteiger partial charge in [-0.1, -0.05) is 6.08 Å². The highest BCUT2D eigenvalue weighted by molar-refractivity contribution is 4.85. The minimum absolute atomic E-state index is 0.686. The molecule has 0 aromatic rings. The Bertz CT molecular complexity index is 105. The summed E-state index contributed by atoms with van der Waals surface area (Å²) >= 11 is 0. The second-order valence-electron chi connectivity index (χ2n) is 2.76. The van der Waals surface area contributed by atoms with Gasteiger partial charge < -0.3 is 0 Å². The molecule has 51 valence electrons. The highest BCUT2D eigenvalue weighted by atomic mass is 15.1. The van der Waals surface area contributed by atoms with Crippen LogP contribution >= 0.6 is 0 Å². The lowest BCUT2D eigenvalue weighted by Gasteiger charge is -2.26. The van der Waals surface area contributed by atoms with Crippen molar-refractivity contribution in [3.63, 3.8) is 0 Å². The molecule has 0 N–H and O–H groups in total. The van der Waals surface area contributed by atoms with Gasteiger partial charge in [0.15, 0.2) is 0 Å². The lowest BCUT2D eigenvalue weighted by molar-refractivity contribution is 0.239. The van der Waals surface area contributed by atoms with E-state index in [2.05, 4.69) is 30.9 Å². The summed E-state index contributed by atoms with van der Waals surface area (Å²) in [6.45, 7) is 6.70. The van der Waals surface area contributed by atoms with Crippen LogP contribution < -0.4 is 0 Å². The molecule has 1 aliphatic rings. The van der Waals surface area contributed by atoms with E-state index in [4.69, 9.17) is 0 Å². The van der Waals surface area contributed by atoms with Gasteiger partial charge in [-0.2, -0.15) is 0 Å². The quantitative estimate of drug-likeness (QED) is 0.511. The summed E-state index contributed by atoms with van der Waals surface area (Å²) in [6, 6.07) is 0.686. The summed E-state index contributed by atoms with van der Waals surface area (Å²) in [7, 11) is 0. The molecule has 1 aliphatic heterocycles. The molecule has 1 heterocycles. The van der Waals surface area contributed by atoms with E-state index in [9.17, 15) is 0 Å². The Morgan fingerprint density at radius 1 is 1.56 bits per heavy atom. The van der Waals surface area contributed by atoms with Gasteiger partial charge in [0.25, 0.3) is 0 Å². The van der Waals surface area contributed by atoms with Crippen molar-refractivity contribution >= 4 is 0 Å². The van der Waals surface area contributed by atoms with E-state index < -0.39 is 0 Å². The molecule has 1 radical (unpaired) electrons. The van der Waals surface area contributed by atoms with E-state index in [-0.39, 0.29) is 0 Å². The van der Waals surface area contributed by atoms with Crippen LogP contribution in [-0.2, 0) is 0 Å². The first-order chi connectivity index (χ1) is 4.30. The van der Waals surface area contributed by atoms with Gasteiger partial charge in [-0.25, -0.2) is 0 Å². The summed E-state index contributed by atoms with van der Waals surface area (Å²) < 4.78 is 0. The van der Waals surface area contributed by atoms with Gasteiger partial charge in [-0.05, 0) is 26.3 Å². The smallest absolute Gasteiger partial charge is 0.0236 e. The van der Waals surface area contributed by atoms with Crippen molar-refractivity contribution in [2.75, 3.05) is 13.1 Å². The molecule has 0 saturated heterocycles. The lowest BCUT2D eigenvalue weighted by Crippen LogP contribution is -2.33. The normalized spacial score (nSPS) is 21.2. The van der Waals surface area contributed by atoms with Gasteiger partial charge in [0.05, 0.1) is 0 Å². The molecule has 0 aliphatic carbocycles. The van der Waals surface area contributed by atoms with E-state index in [1.54, 1.807) is 0 Å². The molecule has 1 nitrogen and oxygen atoms in total. The zero-order chi connectivity index (χ0) is 6.69. The maximum absolute atomic E-state index is 3.22. The predicted molar refractivity (Wildman–Crippen MR) is 39.1 cm³/mol. The first kappa shape index (κ1) is 6.81. The summed E-state index contributed by atoms with van der Waals surface area (Å²) in [5.74, 6) is 0. The molecule has 0 unspecified atom stereocenters. The van der Waals surface area contributed by atoms with E-state index in [0.717, 1.165) is 6.54 Å². The molecule has 1 rings (SSSR count). The Labute approximate surface area is 57.4 Å². The summed E-state index contributed by atoms with van der Waals surface area (Å²) in [6.07, 6.45) is 6.53. The summed E-state index contributed by atoms with van der Waals surface area (Å²) in [5.41, 5.74) is 0. The van der Waals surface area contributed by atoms with Crippen LogP contribution in [0.15, 0.2) is 6.08 Å². The molecule has 0 saturated carbocycles. The topological polar surface area (TPSA) is 3.24 Å². The highest BCUT2D eigenvalue weighted by Gasteiger charge is 2.08. The molecule has 0 bridgehead atoms. The van der Waals surface area contributed by atoms with Crippen LogP contribution in [0.2, 0.25) is 0 Å². The fourth-order valence-corrected chi connectivity index (χ4v) is 1.03. The van der Waals surface area contributed by atoms with Crippen LogP contribution in [0.5, 0.6) is 0 Å². The zero-order valence-corrected chi connectivity index (χ0v) is 6.22. The fourth-order valence-electron chi connectivity index (χ4n) is 1.03. The van der Waals surface area contributed by atoms with Gasteiger partial charge in [0.2, 0.25) is 0 Å². The third-order valence-electron chi connectivity index (χ3n) is 1.73. The average molecular weight is 124 g/mol. The Balaban J connectivity index is 2.35. The van der Waals surface area contributed by atoms with E-state index >= 15 is 0 Å². The standard InChI is InChI=1S/C8H14N/c1-8(2)9-6-4-3-5-7-9/h3,8H,4,6-7H2,1-2H3. The zero-order valence-electron chi connectivity index (χ0n) is 6.22. The molecule has 9 heavy (non-hydrogen) atoms.